The van der Waals surface area contributed by atoms with Gasteiger partial charge in [0.25, 0.3) is 11.8 Å². The van der Waals surface area contributed by atoms with E-state index in [1.54, 1.807) is 24.3 Å². The summed E-state index contributed by atoms with van der Waals surface area (Å²) in [4.78, 5) is 50.7. The summed E-state index contributed by atoms with van der Waals surface area (Å²) < 4.78 is 0. The van der Waals surface area contributed by atoms with E-state index in [4.69, 9.17) is 0 Å². The predicted molar refractivity (Wildman–Crippen MR) is 101 cm³/mol. The highest BCUT2D eigenvalue weighted by Crippen LogP contribution is 2.22. The number of hydrogen-bond donors (Lipinski definition) is 2. The summed E-state index contributed by atoms with van der Waals surface area (Å²) in [5.41, 5.74) is 3.49. The zero-order valence-corrected chi connectivity index (χ0v) is 15.4. The van der Waals surface area contributed by atoms with Gasteiger partial charge in [0.05, 0.1) is 17.7 Å². The average molecular weight is 382 g/mol. The molecule has 2 aliphatic heterocycles. The van der Waals surface area contributed by atoms with Gasteiger partial charge in [-0.1, -0.05) is 31.4 Å². The van der Waals surface area contributed by atoms with Crippen LogP contribution < -0.4 is 10.7 Å². The standard InChI is InChI=1S/C20H22N4O4/c25-17(11-24-19(27)13-8-4-5-9-14(13)20(24)28)15-10-16(23-22-15)18(26)21-12-6-2-1-3-7-12/h4-5,8-9,12,16,23H,1-3,6-7,10-11H2,(H,21,26). The number of hydrazone groups is 1. The Labute approximate surface area is 162 Å². The van der Waals surface area contributed by atoms with E-state index in [2.05, 4.69) is 15.8 Å². The number of benzene rings is 1. The smallest absolute Gasteiger partial charge is 0.261 e. The molecule has 1 aliphatic carbocycles. The molecule has 28 heavy (non-hydrogen) atoms. The van der Waals surface area contributed by atoms with Crippen molar-refractivity contribution >= 4 is 29.2 Å². The van der Waals surface area contributed by atoms with Gasteiger partial charge in [-0.25, -0.2) is 0 Å². The summed E-state index contributed by atoms with van der Waals surface area (Å²) >= 11 is 0. The number of fused-ring (bicyclic) bond motifs is 1. The van der Waals surface area contributed by atoms with Gasteiger partial charge < -0.3 is 5.32 Å². The molecular formula is C20H22N4O4. The van der Waals surface area contributed by atoms with Crippen LogP contribution in [0.2, 0.25) is 0 Å². The van der Waals surface area contributed by atoms with E-state index in [1.807, 2.05) is 0 Å². The average Bonchev–Trinajstić information content (AvgIpc) is 3.30. The Morgan fingerprint density at radius 1 is 1.07 bits per heavy atom. The van der Waals surface area contributed by atoms with Crippen LogP contribution in [0.3, 0.4) is 0 Å². The highest BCUT2D eigenvalue weighted by Gasteiger charge is 2.38. The Morgan fingerprint density at radius 2 is 1.71 bits per heavy atom. The molecule has 2 heterocycles. The minimum Gasteiger partial charge on any atom is -0.352 e. The van der Waals surface area contributed by atoms with E-state index in [-0.39, 0.29) is 30.6 Å². The lowest BCUT2D eigenvalue weighted by Crippen LogP contribution is -2.46. The van der Waals surface area contributed by atoms with Gasteiger partial charge in [-0.3, -0.25) is 29.5 Å². The number of hydrogen-bond acceptors (Lipinski definition) is 6. The lowest BCUT2D eigenvalue weighted by atomic mass is 9.95. The number of nitrogens with zero attached hydrogens (tertiary/aromatic N) is 2. The number of carbonyl (C=O) groups excluding carboxylic acids is 4. The number of rotatable bonds is 5. The van der Waals surface area contributed by atoms with Crippen molar-refractivity contribution in [3.8, 4) is 0 Å². The van der Waals surface area contributed by atoms with E-state index < -0.39 is 23.6 Å². The molecule has 0 spiro atoms. The van der Waals surface area contributed by atoms with Gasteiger partial charge in [0, 0.05) is 12.5 Å². The number of ketones is 1. The van der Waals surface area contributed by atoms with Crippen molar-refractivity contribution < 1.29 is 19.2 Å². The highest BCUT2D eigenvalue weighted by molar-refractivity contribution is 6.42. The lowest BCUT2D eigenvalue weighted by molar-refractivity contribution is -0.123. The van der Waals surface area contributed by atoms with Gasteiger partial charge in [0.15, 0.2) is 5.78 Å². The SMILES string of the molecule is O=C(CN1C(=O)c2ccccc2C1=O)C1=NNC(C(=O)NC2CCCCC2)C1. The van der Waals surface area contributed by atoms with Crippen LogP contribution >= 0.6 is 0 Å². The summed E-state index contributed by atoms with van der Waals surface area (Å²) in [5.74, 6) is -1.56. The number of Topliss-reactive ketones (excluding diaryl/α,β-unsaturated/α-hetero) is 1. The van der Waals surface area contributed by atoms with Crippen LogP contribution in [0.4, 0.5) is 0 Å². The molecule has 0 radical (unpaired) electrons. The number of nitrogens with one attached hydrogen (secondary N) is 2. The minimum atomic E-state index is -0.594. The van der Waals surface area contributed by atoms with Crippen molar-refractivity contribution in [1.82, 2.24) is 15.6 Å². The molecule has 1 aromatic rings. The Bertz CT molecular complexity index is 838. The second kappa shape index (κ2) is 7.53. The maximum Gasteiger partial charge on any atom is 0.261 e. The fourth-order valence-electron chi connectivity index (χ4n) is 3.93. The van der Waals surface area contributed by atoms with Crippen molar-refractivity contribution in [2.24, 2.45) is 5.10 Å². The zero-order chi connectivity index (χ0) is 19.7. The van der Waals surface area contributed by atoms with E-state index >= 15 is 0 Å². The maximum atomic E-state index is 12.6. The van der Waals surface area contributed by atoms with Crippen molar-refractivity contribution in [3.05, 3.63) is 35.4 Å². The largest absolute Gasteiger partial charge is 0.352 e. The topological polar surface area (TPSA) is 108 Å². The van der Waals surface area contributed by atoms with E-state index in [1.165, 1.54) is 6.42 Å². The van der Waals surface area contributed by atoms with Gasteiger partial charge in [0.1, 0.15) is 11.8 Å². The zero-order valence-electron chi connectivity index (χ0n) is 15.4. The van der Waals surface area contributed by atoms with Crippen LogP contribution in [0.25, 0.3) is 0 Å². The van der Waals surface area contributed by atoms with Crippen LogP contribution in [0.1, 0.15) is 59.2 Å². The Balaban J connectivity index is 1.33. The van der Waals surface area contributed by atoms with Crippen molar-refractivity contribution in [2.45, 2.75) is 50.6 Å². The fraction of sp³-hybridized carbons (Fsp3) is 0.450. The van der Waals surface area contributed by atoms with Gasteiger partial charge in [-0.15, -0.1) is 0 Å². The quantitative estimate of drug-likeness (QED) is 0.739. The van der Waals surface area contributed by atoms with E-state index in [0.717, 1.165) is 30.6 Å². The number of amides is 3. The second-order valence-electron chi connectivity index (χ2n) is 7.45. The molecule has 1 saturated carbocycles. The van der Waals surface area contributed by atoms with Crippen LogP contribution in [0.15, 0.2) is 29.4 Å². The molecule has 0 bridgehead atoms. The first-order valence-corrected chi connectivity index (χ1v) is 9.65. The Morgan fingerprint density at radius 3 is 2.36 bits per heavy atom. The van der Waals surface area contributed by atoms with E-state index in [9.17, 15) is 19.2 Å². The van der Waals surface area contributed by atoms with Crippen LogP contribution in [0.5, 0.6) is 0 Å². The van der Waals surface area contributed by atoms with Crippen LogP contribution in [-0.2, 0) is 9.59 Å². The summed E-state index contributed by atoms with van der Waals surface area (Å²) in [5, 5.41) is 6.99. The molecule has 146 valence electrons. The molecule has 0 aromatic heterocycles. The molecule has 4 rings (SSSR count). The second-order valence-corrected chi connectivity index (χ2v) is 7.45. The summed E-state index contributed by atoms with van der Waals surface area (Å²) in [7, 11) is 0. The third-order valence-electron chi connectivity index (χ3n) is 5.52. The predicted octanol–water partition coefficient (Wildman–Crippen LogP) is 1.02. The number of carbonyl (C=O) groups is 4. The third kappa shape index (κ3) is 3.42. The third-order valence-corrected chi connectivity index (χ3v) is 5.52. The van der Waals surface area contributed by atoms with Gasteiger partial charge in [-0.2, -0.15) is 5.10 Å². The minimum absolute atomic E-state index is 0.153. The summed E-state index contributed by atoms with van der Waals surface area (Å²) in [6.45, 7) is -0.371. The first-order valence-electron chi connectivity index (χ1n) is 9.65. The van der Waals surface area contributed by atoms with Crippen molar-refractivity contribution in [2.75, 3.05) is 6.54 Å². The van der Waals surface area contributed by atoms with Crippen LogP contribution in [0, 0.1) is 0 Å². The van der Waals surface area contributed by atoms with E-state index in [0.29, 0.717) is 11.1 Å². The molecule has 1 fully saturated rings. The molecule has 2 N–H and O–H groups in total. The Kier molecular flexibility index (Phi) is 4.93. The van der Waals surface area contributed by atoms with Crippen molar-refractivity contribution in [3.63, 3.8) is 0 Å². The lowest BCUT2D eigenvalue weighted by Gasteiger charge is -2.24. The molecule has 1 unspecified atom stereocenters. The van der Waals surface area contributed by atoms with Gasteiger partial charge in [-0.05, 0) is 25.0 Å². The molecule has 0 saturated heterocycles. The van der Waals surface area contributed by atoms with Gasteiger partial charge >= 0.3 is 0 Å². The highest BCUT2D eigenvalue weighted by atomic mass is 16.2. The molecule has 3 aliphatic rings. The molecule has 1 atom stereocenters. The molecule has 8 nitrogen and oxygen atoms in total. The molecule has 1 aromatic carbocycles. The Hall–Kier alpha value is -3.03. The monoisotopic (exact) mass is 382 g/mol. The first-order chi connectivity index (χ1) is 13.5. The van der Waals surface area contributed by atoms with Crippen LogP contribution in [-0.4, -0.2) is 52.7 Å². The van der Waals surface area contributed by atoms with Gasteiger partial charge in [0.2, 0.25) is 5.91 Å². The maximum absolute atomic E-state index is 12.6. The normalized spacial score (nSPS) is 21.9. The van der Waals surface area contributed by atoms with Crippen molar-refractivity contribution in [1.29, 1.82) is 0 Å². The summed E-state index contributed by atoms with van der Waals surface area (Å²) in [6.07, 6.45) is 5.54. The summed E-state index contributed by atoms with van der Waals surface area (Å²) in [6, 6.07) is 6.08. The fourth-order valence-corrected chi connectivity index (χ4v) is 3.93. The molecule has 3 amide bonds. The first kappa shape index (κ1) is 18.3. The molecule has 8 heteroatoms. The molecular weight excluding hydrogens is 360 g/mol. The number of imide groups is 1.